The Morgan fingerprint density at radius 2 is 1.77 bits per heavy atom. The molecule has 0 bridgehead atoms. The van der Waals surface area contributed by atoms with Crippen LogP contribution in [0.3, 0.4) is 0 Å². The number of pyridine rings is 1. The molecule has 1 N–H and O–H groups in total. The van der Waals surface area contributed by atoms with Crippen molar-refractivity contribution >= 4 is 33.2 Å². The van der Waals surface area contributed by atoms with E-state index in [1.807, 2.05) is 45.0 Å². The van der Waals surface area contributed by atoms with Gasteiger partial charge < -0.3 is 0 Å². The Bertz CT molecular complexity index is 846. The second kappa shape index (κ2) is 9.12. The molecule has 0 unspecified atom stereocenters. The lowest BCUT2D eigenvalue weighted by Gasteiger charge is -2.18. The summed E-state index contributed by atoms with van der Waals surface area (Å²) in [6, 6.07) is 10.6. The maximum atomic E-state index is 12.5. The number of rotatable bonds is 8. The first-order valence-corrected chi connectivity index (χ1v) is 10.3. The molecule has 1 aromatic heterocycles. The van der Waals surface area contributed by atoms with E-state index >= 15 is 0 Å². The molecule has 0 fully saturated rings. The predicted octanol–water partition coefficient (Wildman–Crippen LogP) is 3.99. The van der Waals surface area contributed by atoms with Crippen molar-refractivity contribution in [3.8, 4) is 0 Å². The summed E-state index contributed by atoms with van der Waals surface area (Å²) in [6.45, 7) is 6.46. The van der Waals surface area contributed by atoms with Crippen LogP contribution in [0.1, 0.15) is 32.8 Å². The fraction of sp³-hybridized carbons (Fsp3) is 0.333. The summed E-state index contributed by atoms with van der Waals surface area (Å²) in [5.41, 5.74) is 4.69. The highest BCUT2D eigenvalue weighted by Crippen LogP contribution is 2.17. The first-order valence-electron chi connectivity index (χ1n) is 8.47. The Morgan fingerprint density at radius 3 is 2.27 bits per heavy atom. The average Bonchev–Trinajstić information content (AvgIpc) is 2.65. The van der Waals surface area contributed by atoms with E-state index in [-0.39, 0.29) is 4.90 Å². The van der Waals surface area contributed by atoms with Crippen LogP contribution >= 0.6 is 11.6 Å². The van der Waals surface area contributed by atoms with Gasteiger partial charge in [0.25, 0.3) is 0 Å². The Kier molecular flexibility index (Phi) is 7.14. The van der Waals surface area contributed by atoms with Crippen LogP contribution in [0.5, 0.6) is 0 Å². The predicted molar refractivity (Wildman–Crippen MR) is 106 cm³/mol. The highest BCUT2D eigenvalue weighted by atomic mass is 35.5. The Labute approximate surface area is 160 Å². The summed E-state index contributed by atoms with van der Waals surface area (Å²) in [5, 5.41) is 5.04. The van der Waals surface area contributed by atoms with Crippen molar-refractivity contribution in [2.45, 2.75) is 32.1 Å². The van der Waals surface area contributed by atoms with Gasteiger partial charge in [-0.15, -0.1) is 0 Å². The monoisotopic (exact) mass is 394 g/mol. The minimum atomic E-state index is -3.51. The molecular formula is C18H23ClN4O2S. The molecule has 1 heterocycles. The van der Waals surface area contributed by atoms with Gasteiger partial charge in [-0.05, 0) is 36.2 Å². The zero-order valence-corrected chi connectivity index (χ0v) is 16.7. The highest BCUT2D eigenvalue weighted by Gasteiger charge is 2.21. The van der Waals surface area contributed by atoms with Gasteiger partial charge in [-0.2, -0.15) is 9.41 Å². The molecule has 6 nitrogen and oxygen atoms in total. The number of hydrazone groups is 1. The van der Waals surface area contributed by atoms with Crippen LogP contribution in [0.4, 0.5) is 5.82 Å². The van der Waals surface area contributed by atoms with E-state index in [2.05, 4.69) is 15.5 Å². The lowest BCUT2D eigenvalue weighted by Crippen LogP contribution is -2.30. The zero-order valence-electron chi connectivity index (χ0n) is 15.1. The summed E-state index contributed by atoms with van der Waals surface area (Å²) in [7, 11) is -3.51. The fourth-order valence-corrected chi connectivity index (χ4v) is 3.96. The number of sulfonamides is 1. The van der Waals surface area contributed by atoms with E-state index in [1.54, 1.807) is 6.07 Å². The fourth-order valence-electron chi connectivity index (χ4n) is 2.43. The average molecular weight is 395 g/mol. The van der Waals surface area contributed by atoms with Gasteiger partial charge in [-0.3, -0.25) is 5.43 Å². The van der Waals surface area contributed by atoms with Crippen molar-refractivity contribution in [1.82, 2.24) is 9.29 Å². The molecule has 2 rings (SSSR count). The first-order chi connectivity index (χ1) is 12.4. The molecule has 0 aliphatic heterocycles. The van der Waals surface area contributed by atoms with Gasteiger partial charge >= 0.3 is 0 Å². The van der Waals surface area contributed by atoms with Crippen molar-refractivity contribution in [3.05, 3.63) is 53.2 Å². The van der Waals surface area contributed by atoms with Gasteiger partial charge in [0.1, 0.15) is 10.7 Å². The molecule has 8 heteroatoms. The molecule has 0 saturated heterocycles. The summed E-state index contributed by atoms with van der Waals surface area (Å²) in [5.74, 6) is 0.475. The molecule has 1 aromatic carbocycles. The standard InChI is InChI=1S/C18H23ClN4O2S/c1-4-17(14-7-9-15(19)10-8-14)21-22-18-12-11-16(13-20-18)26(24,25)23(5-2)6-3/h7-13H,4-6H2,1-3H3,(H,20,22). The second-order valence-electron chi connectivity index (χ2n) is 5.50. The Morgan fingerprint density at radius 1 is 1.12 bits per heavy atom. The van der Waals surface area contributed by atoms with E-state index in [0.717, 1.165) is 17.7 Å². The van der Waals surface area contributed by atoms with E-state index in [0.29, 0.717) is 23.9 Å². The molecule has 0 aliphatic rings. The minimum absolute atomic E-state index is 0.171. The van der Waals surface area contributed by atoms with Gasteiger partial charge in [-0.25, -0.2) is 13.4 Å². The van der Waals surface area contributed by atoms with E-state index < -0.39 is 10.0 Å². The second-order valence-corrected chi connectivity index (χ2v) is 7.87. The van der Waals surface area contributed by atoms with E-state index in [1.165, 1.54) is 16.6 Å². The quantitative estimate of drug-likeness (QED) is 0.542. The van der Waals surface area contributed by atoms with Crippen molar-refractivity contribution in [2.75, 3.05) is 18.5 Å². The maximum Gasteiger partial charge on any atom is 0.244 e. The Hall–Kier alpha value is -1.96. The third kappa shape index (κ3) is 4.81. The topological polar surface area (TPSA) is 74.7 Å². The van der Waals surface area contributed by atoms with Gasteiger partial charge in [0.2, 0.25) is 10.0 Å². The lowest BCUT2D eigenvalue weighted by molar-refractivity contribution is 0.445. The van der Waals surface area contributed by atoms with Crippen molar-refractivity contribution in [3.63, 3.8) is 0 Å². The SMILES string of the molecule is CCC(=NNc1ccc(S(=O)(=O)N(CC)CC)cn1)c1ccc(Cl)cc1. The molecular weight excluding hydrogens is 372 g/mol. The molecule has 0 atom stereocenters. The Balaban J connectivity index is 2.17. The molecule has 140 valence electrons. The van der Waals surface area contributed by atoms with Crippen LogP contribution in [0.15, 0.2) is 52.6 Å². The number of hydrogen-bond donors (Lipinski definition) is 1. The van der Waals surface area contributed by atoms with Crippen LogP contribution in [-0.2, 0) is 10.0 Å². The summed E-state index contributed by atoms with van der Waals surface area (Å²) < 4.78 is 26.3. The largest absolute Gasteiger partial charge is 0.261 e. The minimum Gasteiger partial charge on any atom is -0.261 e. The van der Waals surface area contributed by atoms with Crippen LogP contribution in [0.25, 0.3) is 0 Å². The molecule has 0 saturated carbocycles. The number of benzene rings is 1. The van der Waals surface area contributed by atoms with Gasteiger partial charge in [-0.1, -0.05) is 44.5 Å². The van der Waals surface area contributed by atoms with Crippen LogP contribution in [-0.4, -0.2) is 36.5 Å². The lowest BCUT2D eigenvalue weighted by atomic mass is 10.1. The third-order valence-electron chi connectivity index (χ3n) is 3.90. The number of halogens is 1. The van der Waals surface area contributed by atoms with E-state index in [9.17, 15) is 8.42 Å². The summed E-state index contributed by atoms with van der Waals surface area (Å²) in [4.78, 5) is 4.34. The maximum absolute atomic E-state index is 12.5. The summed E-state index contributed by atoms with van der Waals surface area (Å²) >= 11 is 5.91. The van der Waals surface area contributed by atoms with Crippen molar-refractivity contribution < 1.29 is 8.42 Å². The van der Waals surface area contributed by atoms with Crippen LogP contribution < -0.4 is 5.43 Å². The van der Waals surface area contributed by atoms with Crippen molar-refractivity contribution in [2.24, 2.45) is 5.10 Å². The van der Waals surface area contributed by atoms with Gasteiger partial charge in [0.05, 0.1) is 5.71 Å². The number of nitrogens with one attached hydrogen (secondary N) is 1. The van der Waals surface area contributed by atoms with Gasteiger partial charge in [0, 0.05) is 24.3 Å². The molecule has 2 aromatic rings. The number of aromatic nitrogens is 1. The van der Waals surface area contributed by atoms with Crippen LogP contribution in [0.2, 0.25) is 5.02 Å². The van der Waals surface area contributed by atoms with E-state index in [4.69, 9.17) is 11.6 Å². The summed E-state index contributed by atoms with van der Waals surface area (Å²) in [6.07, 6.45) is 2.07. The number of nitrogens with zero attached hydrogens (tertiary/aromatic N) is 3. The third-order valence-corrected chi connectivity index (χ3v) is 6.18. The smallest absolute Gasteiger partial charge is 0.244 e. The van der Waals surface area contributed by atoms with Gasteiger partial charge in [0.15, 0.2) is 0 Å². The molecule has 0 aliphatic carbocycles. The molecule has 26 heavy (non-hydrogen) atoms. The van der Waals surface area contributed by atoms with Crippen molar-refractivity contribution in [1.29, 1.82) is 0 Å². The first kappa shape index (κ1) is 20.4. The number of hydrogen-bond acceptors (Lipinski definition) is 5. The molecule has 0 radical (unpaired) electrons. The normalized spacial score (nSPS) is 12.4. The van der Waals surface area contributed by atoms with Crippen LogP contribution in [0, 0.1) is 0 Å². The highest BCUT2D eigenvalue weighted by molar-refractivity contribution is 7.89. The number of anilines is 1. The molecule has 0 spiro atoms. The zero-order chi connectivity index (χ0) is 19.2. The molecule has 0 amide bonds.